The van der Waals surface area contributed by atoms with Crippen molar-refractivity contribution in [1.82, 2.24) is 0 Å². The number of phosphoric acid groups is 1. The molecule has 2 N–H and O–H groups in total. The van der Waals surface area contributed by atoms with Crippen LogP contribution in [0.5, 0.6) is 0 Å². The van der Waals surface area contributed by atoms with Crippen LogP contribution < -0.4 is 109 Å². The van der Waals surface area contributed by atoms with Crippen LogP contribution in [0.3, 0.4) is 0 Å². The van der Waals surface area contributed by atoms with Crippen LogP contribution in [0.1, 0.15) is 0 Å². The summed E-state index contributed by atoms with van der Waals surface area (Å²) in [6.07, 6.45) is 0. The number of rotatable bonds is 4. The van der Waals surface area contributed by atoms with E-state index < -0.39 is 26.4 Å². The van der Waals surface area contributed by atoms with Crippen molar-refractivity contribution in [3.8, 4) is 0 Å². The zero-order chi connectivity index (χ0) is 9.07. The molecule has 0 unspecified atom stereocenters. The average molecular weight is 251 g/mol. The van der Waals surface area contributed by atoms with Gasteiger partial charge in [0.1, 0.15) is 0 Å². The van der Waals surface area contributed by atoms with E-state index in [1.54, 1.807) is 0 Å². The van der Waals surface area contributed by atoms with E-state index >= 15 is 0 Å². The summed E-state index contributed by atoms with van der Waals surface area (Å²) in [5, 5.41) is 9.81. The van der Waals surface area contributed by atoms with Crippen molar-refractivity contribution in [2.75, 3.05) is 6.61 Å². The van der Waals surface area contributed by atoms with Gasteiger partial charge in [0.2, 0.25) is 0 Å². The Bertz CT molecular complexity index is 197. The first kappa shape index (κ1) is 25.4. The van der Waals surface area contributed by atoms with Gasteiger partial charge in [-0.1, -0.05) is 0 Å². The maximum absolute atomic E-state index is 9.81. The minimum absolute atomic E-state index is 0. The molecule has 0 aliphatic heterocycles. The summed E-state index contributed by atoms with van der Waals surface area (Å²) in [4.78, 5) is 29.3. The summed E-state index contributed by atoms with van der Waals surface area (Å²) in [6, 6.07) is -1.61. The van der Waals surface area contributed by atoms with E-state index in [0.717, 1.165) is 0 Å². The van der Waals surface area contributed by atoms with Gasteiger partial charge >= 0.3 is 88.7 Å². The number of carboxylic acids is 1. The molecule has 0 amide bonds. The van der Waals surface area contributed by atoms with E-state index in [0.29, 0.717) is 0 Å². The Morgan fingerprint density at radius 3 is 1.93 bits per heavy atom. The Balaban J connectivity index is -0.000000167. The van der Waals surface area contributed by atoms with Gasteiger partial charge in [-0.2, -0.15) is 0 Å². The van der Waals surface area contributed by atoms with Crippen LogP contribution in [0.15, 0.2) is 0 Å². The maximum atomic E-state index is 9.81. The average Bonchev–Trinajstić information content (AvgIpc) is 1.80. The molecule has 0 rings (SSSR count). The van der Waals surface area contributed by atoms with E-state index in [1.165, 1.54) is 0 Å². The van der Waals surface area contributed by atoms with Gasteiger partial charge in [-0.25, -0.2) is 0 Å². The van der Waals surface area contributed by atoms with E-state index in [-0.39, 0.29) is 88.7 Å². The van der Waals surface area contributed by atoms with Gasteiger partial charge in [0.05, 0.1) is 26.4 Å². The third-order valence-electron chi connectivity index (χ3n) is 0.715. The summed E-state index contributed by atoms with van der Waals surface area (Å²) in [7, 11) is -5.13. The van der Waals surface area contributed by atoms with Crippen molar-refractivity contribution in [3.05, 3.63) is 0 Å². The first-order valence-corrected chi connectivity index (χ1v) is 3.92. The predicted octanol–water partition coefficient (Wildman–Crippen LogP) is -13.1. The molecule has 0 aromatic rings. The summed E-state index contributed by atoms with van der Waals surface area (Å²) in [6.45, 7) is -0.896. The van der Waals surface area contributed by atoms with Gasteiger partial charge in [0, 0.05) is 0 Å². The number of aliphatic carboxylic acids is 1. The molecule has 0 aliphatic rings. The first-order chi connectivity index (χ1) is 4.83. The Hall–Kier alpha value is 2.54. The molecular weight excluding hydrogens is 246 g/mol. The molecule has 0 bridgehead atoms. The fraction of sp³-hybridized carbons (Fsp3) is 0.667. The second-order valence-corrected chi connectivity index (χ2v) is 2.82. The van der Waals surface area contributed by atoms with E-state index in [9.17, 15) is 24.3 Å². The van der Waals surface area contributed by atoms with Crippen molar-refractivity contribution >= 4 is 13.8 Å². The van der Waals surface area contributed by atoms with Crippen molar-refractivity contribution in [1.29, 1.82) is 0 Å². The van der Waals surface area contributed by atoms with Crippen molar-refractivity contribution in [2.45, 2.75) is 6.04 Å². The van der Waals surface area contributed by atoms with Gasteiger partial charge < -0.3 is 34.5 Å². The number of carbonyl (C=O) groups excluding carboxylic acids is 1. The van der Waals surface area contributed by atoms with Crippen molar-refractivity contribution < 1.29 is 117 Å². The number of hydrogen-bond acceptors (Lipinski definition) is 7. The molecule has 14 heavy (non-hydrogen) atoms. The molecular formula is C3H5NNa3O6P. The molecule has 0 saturated heterocycles. The molecule has 66 valence electrons. The summed E-state index contributed by atoms with van der Waals surface area (Å²) in [5.41, 5.74) is 4.74. The van der Waals surface area contributed by atoms with Crippen LogP contribution in [0, 0.1) is 0 Å². The fourth-order valence-corrected chi connectivity index (χ4v) is 0.583. The van der Waals surface area contributed by atoms with Gasteiger partial charge in [0.15, 0.2) is 0 Å². The molecule has 0 radical (unpaired) electrons. The quantitative estimate of drug-likeness (QED) is 0.386. The molecule has 0 aromatic heterocycles. The minimum atomic E-state index is -5.13. The zero-order valence-electron chi connectivity index (χ0n) is 8.26. The van der Waals surface area contributed by atoms with Crippen molar-refractivity contribution in [3.63, 3.8) is 0 Å². The fourth-order valence-electron chi connectivity index (χ4n) is 0.240. The Morgan fingerprint density at radius 1 is 1.36 bits per heavy atom. The smallest absolute Gasteiger partial charge is 0.790 e. The number of phosphoric ester groups is 1. The zero-order valence-corrected chi connectivity index (χ0v) is 15.2. The number of hydrogen-bond donors (Lipinski definition) is 1. The summed E-state index contributed by atoms with van der Waals surface area (Å²) in [5.74, 6) is -1.68. The molecule has 0 fully saturated rings. The van der Waals surface area contributed by atoms with Crippen molar-refractivity contribution in [2.24, 2.45) is 5.73 Å². The van der Waals surface area contributed by atoms with Gasteiger partial charge in [-0.05, 0) is 0 Å². The number of nitrogens with two attached hydrogens (primary N) is 1. The van der Waals surface area contributed by atoms with Gasteiger partial charge in [-0.15, -0.1) is 0 Å². The maximum Gasteiger partial charge on any atom is 1.00 e. The van der Waals surface area contributed by atoms with Crippen LogP contribution in [0.4, 0.5) is 0 Å². The van der Waals surface area contributed by atoms with Crippen LogP contribution in [0.2, 0.25) is 0 Å². The normalized spacial score (nSPS) is 11.4. The molecule has 0 aliphatic carbocycles. The van der Waals surface area contributed by atoms with Crippen LogP contribution in [-0.4, -0.2) is 18.6 Å². The largest absolute Gasteiger partial charge is 1.00 e. The molecule has 0 saturated carbocycles. The van der Waals surface area contributed by atoms with E-state index in [1.807, 2.05) is 0 Å². The SMILES string of the molecule is N[C@@H](COP(=O)([O-])[O-])C(=O)[O-].[Na+].[Na+].[Na+]. The first-order valence-electron chi connectivity index (χ1n) is 2.46. The summed E-state index contributed by atoms with van der Waals surface area (Å²) >= 11 is 0. The predicted molar refractivity (Wildman–Crippen MR) is 26.5 cm³/mol. The second kappa shape index (κ2) is 12.0. The third kappa shape index (κ3) is 17.0. The number of carbonyl (C=O) groups is 1. The standard InChI is InChI=1S/C3H8NO6P.3Na/c4-2(3(5)6)1-10-11(7,8)9;;;/h2H,1,4H2,(H,5,6)(H2,7,8,9);;;/q;3*+1/p-3/t2-;;;/m0.../s1. The van der Waals surface area contributed by atoms with E-state index in [4.69, 9.17) is 5.73 Å². The Labute approximate surface area is 147 Å². The van der Waals surface area contributed by atoms with Crippen LogP contribution >= 0.6 is 7.82 Å². The molecule has 0 spiro atoms. The topological polar surface area (TPSA) is 139 Å². The minimum Gasteiger partial charge on any atom is -0.790 e. The molecule has 1 atom stereocenters. The molecule has 11 heteroatoms. The van der Waals surface area contributed by atoms with Crippen LogP contribution in [-0.2, 0) is 13.9 Å². The number of carboxylic acid groups (broad SMARTS) is 1. The molecule has 0 aromatic carbocycles. The second-order valence-electron chi connectivity index (χ2n) is 1.67. The Kier molecular flexibility index (Phi) is 21.8. The monoisotopic (exact) mass is 251 g/mol. The van der Waals surface area contributed by atoms with E-state index in [2.05, 4.69) is 4.52 Å². The molecule has 0 heterocycles. The van der Waals surface area contributed by atoms with Gasteiger partial charge in [-0.3, -0.25) is 0 Å². The van der Waals surface area contributed by atoms with Gasteiger partial charge in [0.25, 0.3) is 0 Å². The third-order valence-corrected chi connectivity index (χ3v) is 1.18. The Morgan fingerprint density at radius 2 is 1.71 bits per heavy atom. The van der Waals surface area contributed by atoms with Crippen LogP contribution in [0.25, 0.3) is 0 Å². The molecule has 7 nitrogen and oxygen atoms in total. The summed E-state index contributed by atoms with van der Waals surface area (Å²) < 4.78 is 13.3.